The Bertz CT molecular complexity index is 897. The van der Waals surface area contributed by atoms with Crippen molar-refractivity contribution in [2.75, 3.05) is 5.32 Å². The molecule has 7 nitrogen and oxygen atoms in total. The fraction of sp³-hybridized carbons (Fsp3) is 0.0625. The largest absolute Gasteiger partial charge is 0.423 e. The van der Waals surface area contributed by atoms with Crippen LogP contribution in [0.15, 0.2) is 47.5 Å². The van der Waals surface area contributed by atoms with Crippen LogP contribution in [0.25, 0.3) is 0 Å². The molecule has 1 heterocycles. The highest BCUT2D eigenvalue weighted by atomic mass is 35.5. The molecule has 0 aliphatic carbocycles. The van der Waals surface area contributed by atoms with E-state index in [2.05, 4.69) is 10.3 Å². The summed E-state index contributed by atoms with van der Waals surface area (Å²) in [6.07, 6.45) is 0. The van der Waals surface area contributed by atoms with Gasteiger partial charge in [0.2, 0.25) is 0 Å². The zero-order chi connectivity index (χ0) is 18.2. The minimum atomic E-state index is -3.67. The number of rotatable bonds is 3. The van der Waals surface area contributed by atoms with Gasteiger partial charge in [-0.1, -0.05) is 0 Å². The Balaban J connectivity index is 0.00000243. The van der Waals surface area contributed by atoms with Crippen molar-refractivity contribution >= 4 is 41.6 Å². The predicted molar refractivity (Wildman–Crippen MR) is 93.1 cm³/mol. The minimum absolute atomic E-state index is 0. The number of anilines is 1. The van der Waals surface area contributed by atoms with Gasteiger partial charge >= 0.3 is 11.9 Å². The molecule has 0 saturated heterocycles. The molecule has 3 rings (SSSR count). The number of aliphatic imine (C=N–C) groups is 1. The average Bonchev–Trinajstić information content (AvgIpc) is 2.77. The first-order valence-electron chi connectivity index (χ1n) is 7.03. The van der Waals surface area contributed by atoms with Gasteiger partial charge in [-0.15, -0.1) is 12.4 Å². The van der Waals surface area contributed by atoms with Gasteiger partial charge in [0.15, 0.2) is 5.96 Å². The maximum absolute atomic E-state index is 13.7. The standard InChI is InChI=1S/C16H12F2N4O3.ClH/c17-16(18)11-7-10(5-6-12(11)22-14(16)24)25-13(23)8-1-3-9(4-2-8)21-15(19)20;/h1-7H,(H,22,24)(H4,19,20,21);1H. The van der Waals surface area contributed by atoms with Crippen LogP contribution in [0.4, 0.5) is 20.2 Å². The van der Waals surface area contributed by atoms with Gasteiger partial charge in [-0.05, 0) is 42.5 Å². The topological polar surface area (TPSA) is 120 Å². The summed E-state index contributed by atoms with van der Waals surface area (Å²) >= 11 is 0. The number of nitrogens with zero attached hydrogens (tertiary/aromatic N) is 1. The van der Waals surface area contributed by atoms with E-state index in [0.717, 1.165) is 6.07 Å². The summed E-state index contributed by atoms with van der Waals surface area (Å²) in [5.74, 6) is -6.07. The van der Waals surface area contributed by atoms with Crippen LogP contribution in [-0.4, -0.2) is 17.8 Å². The van der Waals surface area contributed by atoms with Gasteiger partial charge in [-0.3, -0.25) is 4.79 Å². The number of carbonyl (C=O) groups excluding carboxylic acids is 2. The molecule has 0 saturated carbocycles. The molecule has 10 heteroatoms. The van der Waals surface area contributed by atoms with E-state index in [0.29, 0.717) is 5.69 Å². The number of esters is 1. The molecule has 26 heavy (non-hydrogen) atoms. The third kappa shape index (κ3) is 3.57. The van der Waals surface area contributed by atoms with Crippen molar-refractivity contribution in [1.82, 2.24) is 0 Å². The Morgan fingerprint density at radius 1 is 1.12 bits per heavy atom. The fourth-order valence-corrected chi connectivity index (χ4v) is 2.27. The Labute approximate surface area is 152 Å². The molecule has 0 radical (unpaired) electrons. The lowest BCUT2D eigenvalue weighted by molar-refractivity contribution is -0.139. The highest BCUT2D eigenvalue weighted by molar-refractivity contribution is 6.04. The summed E-state index contributed by atoms with van der Waals surface area (Å²) in [4.78, 5) is 27.1. The van der Waals surface area contributed by atoms with Gasteiger partial charge in [0.05, 0.1) is 22.5 Å². The molecule has 1 aliphatic heterocycles. The average molecular weight is 383 g/mol. The van der Waals surface area contributed by atoms with Gasteiger partial charge in [0.1, 0.15) is 5.75 Å². The maximum atomic E-state index is 13.7. The molecule has 0 fully saturated rings. The first-order valence-corrected chi connectivity index (χ1v) is 7.03. The summed E-state index contributed by atoms with van der Waals surface area (Å²) in [6, 6.07) is 9.36. The number of carbonyl (C=O) groups is 2. The number of amides is 1. The lowest BCUT2D eigenvalue weighted by atomic mass is 10.1. The quantitative estimate of drug-likeness (QED) is 0.325. The number of ether oxygens (including phenoxy) is 1. The molecule has 0 atom stereocenters. The molecule has 1 aliphatic rings. The summed E-state index contributed by atoms with van der Waals surface area (Å²) in [7, 11) is 0. The van der Waals surface area contributed by atoms with Crippen LogP contribution in [-0.2, 0) is 10.7 Å². The molecular formula is C16H13ClF2N4O3. The van der Waals surface area contributed by atoms with E-state index >= 15 is 0 Å². The molecule has 2 aromatic rings. The molecule has 5 N–H and O–H groups in total. The lowest BCUT2D eigenvalue weighted by Gasteiger charge is -2.09. The molecule has 0 spiro atoms. The van der Waals surface area contributed by atoms with E-state index in [4.69, 9.17) is 16.2 Å². The van der Waals surface area contributed by atoms with Crippen molar-refractivity contribution in [3.8, 4) is 5.75 Å². The summed E-state index contributed by atoms with van der Waals surface area (Å²) < 4.78 is 32.5. The number of halogens is 3. The number of nitrogens with one attached hydrogen (secondary N) is 1. The second-order valence-corrected chi connectivity index (χ2v) is 5.21. The van der Waals surface area contributed by atoms with Gasteiger partial charge < -0.3 is 21.5 Å². The monoisotopic (exact) mass is 382 g/mol. The molecular weight excluding hydrogens is 370 g/mol. The molecule has 0 unspecified atom stereocenters. The van der Waals surface area contributed by atoms with Crippen LogP contribution in [0.2, 0.25) is 0 Å². The second kappa shape index (κ2) is 6.96. The predicted octanol–water partition coefficient (Wildman–Crippen LogP) is 2.28. The van der Waals surface area contributed by atoms with Crippen molar-refractivity contribution in [3.05, 3.63) is 53.6 Å². The summed E-state index contributed by atoms with van der Waals surface area (Å²) in [6.45, 7) is 0. The Hall–Kier alpha value is -3.20. The second-order valence-electron chi connectivity index (χ2n) is 5.21. The summed E-state index contributed by atoms with van der Waals surface area (Å²) in [5.41, 5.74) is 10.6. The van der Waals surface area contributed by atoms with E-state index in [1.165, 1.54) is 36.4 Å². The highest BCUT2D eigenvalue weighted by Crippen LogP contribution is 2.42. The number of hydrogen-bond donors (Lipinski definition) is 3. The maximum Gasteiger partial charge on any atom is 0.352 e. The molecule has 136 valence electrons. The van der Waals surface area contributed by atoms with E-state index in [-0.39, 0.29) is 35.4 Å². The van der Waals surface area contributed by atoms with Gasteiger partial charge in [0.25, 0.3) is 5.91 Å². The lowest BCUT2D eigenvalue weighted by Crippen LogP contribution is -2.23. The molecule has 1 amide bonds. The normalized spacial score (nSPS) is 13.8. The number of benzene rings is 2. The van der Waals surface area contributed by atoms with Gasteiger partial charge in [-0.25, -0.2) is 9.79 Å². The number of guanidine groups is 1. The number of nitrogens with two attached hydrogens (primary N) is 2. The zero-order valence-corrected chi connectivity index (χ0v) is 13.8. The summed E-state index contributed by atoms with van der Waals surface area (Å²) in [5, 5.41) is 2.06. The van der Waals surface area contributed by atoms with E-state index < -0.39 is 23.4 Å². The van der Waals surface area contributed by atoms with E-state index in [1.54, 1.807) is 0 Å². The Kier molecular flexibility index (Phi) is 5.12. The number of alkyl halides is 2. The van der Waals surface area contributed by atoms with Crippen LogP contribution >= 0.6 is 12.4 Å². The van der Waals surface area contributed by atoms with Crippen molar-refractivity contribution in [2.24, 2.45) is 16.5 Å². The third-order valence-corrected chi connectivity index (χ3v) is 3.43. The van der Waals surface area contributed by atoms with Gasteiger partial charge in [-0.2, -0.15) is 8.78 Å². The third-order valence-electron chi connectivity index (χ3n) is 3.43. The van der Waals surface area contributed by atoms with Crippen molar-refractivity contribution in [1.29, 1.82) is 0 Å². The Morgan fingerprint density at radius 3 is 2.38 bits per heavy atom. The number of hydrogen-bond acceptors (Lipinski definition) is 4. The molecule has 0 bridgehead atoms. The van der Waals surface area contributed by atoms with Gasteiger partial charge in [0, 0.05) is 0 Å². The zero-order valence-electron chi connectivity index (χ0n) is 13.0. The fourth-order valence-electron chi connectivity index (χ4n) is 2.27. The smallest absolute Gasteiger partial charge is 0.352 e. The number of fused-ring (bicyclic) bond motifs is 1. The van der Waals surface area contributed by atoms with Crippen molar-refractivity contribution in [3.63, 3.8) is 0 Å². The van der Waals surface area contributed by atoms with E-state index in [1.807, 2.05) is 0 Å². The highest BCUT2D eigenvalue weighted by Gasteiger charge is 2.48. The van der Waals surface area contributed by atoms with Crippen molar-refractivity contribution in [2.45, 2.75) is 5.92 Å². The first kappa shape index (κ1) is 19.1. The SMILES string of the molecule is Cl.NC(N)=Nc1ccc(C(=O)Oc2ccc3c(c2)C(F)(F)C(=O)N3)cc1. The van der Waals surface area contributed by atoms with E-state index in [9.17, 15) is 18.4 Å². The molecule has 0 aromatic heterocycles. The van der Waals surface area contributed by atoms with Crippen LogP contribution in [0, 0.1) is 0 Å². The van der Waals surface area contributed by atoms with Crippen LogP contribution < -0.4 is 21.5 Å². The van der Waals surface area contributed by atoms with Crippen molar-refractivity contribution < 1.29 is 23.1 Å². The van der Waals surface area contributed by atoms with Crippen LogP contribution in [0.1, 0.15) is 15.9 Å². The van der Waals surface area contributed by atoms with Crippen LogP contribution in [0.3, 0.4) is 0 Å². The first-order chi connectivity index (χ1) is 11.8. The Morgan fingerprint density at radius 2 is 1.77 bits per heavy atom. The molecule has 2 aromatic carbocycles. The van der Waals surface area contributed by atoms with Crippen LogP contribution in [0.5, 0.6) is 5.75 Å². The minimum Gasteiger partial charge on any atom is -0.423 e.